The number of hydrogen-bond acceptors (Lipinski definition) is 3. The molecule has 1 amide bonds. The molecule has 1 aromatic rings. The van der Waals surface area contributed by atoms with Crippen LogP contribution in [0.15, 0.2) is 29.2 Å². The zero-order chi connectivity index (χ0) is 18.6. The Hall–Kier alpha value is -1.40. The maximum Gasteiger partial charge on any atom is 0.243 e. The lowest BCUT2D eigenvalue weighted by Gasteiger charge is -2.34. The molecule has 144 valence electrons. The zero-order valence-corrected chi connectivity index (χ0v) is 16.5. The van der Waals surface area contributed by atoms with Gasteiger partial charge in [0.15, 0.2) is 0 Å². The lowest BCUT2D eigenvalue weighted by molar-refractivity contribution is -0.132. The number of hydrogen-bond donors (Lipinski definition) is 0. The van der Waals surface area contributed by atoms with E-state index in [9.17, 15) is 13.2 Å². The van der Waals surface area contributed by atoms with Crippen molar-refractivity contribution >= 4 is 15.9 Å². The number of amides is 1. The SMILES string of the molecule is Cc1ccc(S(=O)(=O)N2CCN(C(=O)CCC3CCCCC3)CC2)cc1. The van der Waals surface area contributed by atoms with Crippen LogP contribution in [0.25, 0.3) is 0 Å². The van der Waals surface area contributed by atoms with Gasteiger partial charge in [0, 0.05) is 32.6 Å². The highest BCUT2D eigenvalue weighted by Crippen LogP contribution is 2.27. The Morgan fingerprint density at radius 1 is 1.00 bits per heavy atom. The van der Waals surface area contributed by atoms with Crippen LogP contribution in [0.1, 0.15) is 50.5 Å². The minimum atomic E-state index is -3.46. The van der Waals surface area contributed by atoms with Crippen LogP contribution in [-0.4, -0.2) is 49.7 Å². The lowest BCUT2D eigenvalue weighted by atomic mass is 9.86. The summed E-state index contributed by atoms with van der Waals surface area (Å²) in [6.07, 6.45) is 8.05. The van der Waals surface area contributed by atoms with Gasteiger partial charge in [0.2, 0.25) is 15.9 Å². The summed E-state index contributed by atoms with van der Waals surface area (Å²) in [5, 5.41) is 0. The van der Waals surface area contributed by atoms with E-state index in [2.05, 4.69) is 0 Å². The van der Waals surface area contributed by atoms with Gasteiger partial charge in [-0.2, -0.15) is 4.31 Å². The molecule has 0 atom stereocenters. The van der Waals surface area contributed by atoms with Crippen LogP contribution in [-0.2, 0) is 14.8 Å². The standard InChI is InChI=1S/C20H30N2O3S/c1-17-7-10-19(11-8-17)26(24,25)22-15-13-21(14-16-22)20(23)12-9-18-5-3-2-4-6-18/h7-8,10-11,18H,2-6,9,12-16H2,1H3. The molecule has 1 saturated carbocycles. The Labute approximate surface area is 157 Å². The second-order valence-corrected chi connectivity index (χ2v) is 9.58. The average Bonchev–Trinajstić information content (AvgIpc) is 2.67. The summed E-state index contributed by atoms with van der Waals surface area (Å²) >= 11 is 0. The first-order valence-electron chi connectivity index (χ1n) is 9.81. The van der Waals surface area contributed by atoms with Gasteiger partial charge in [-0.25, -0.2) is 8.42 Å². The fraction of sp³-hybridized carbons (Fsp3) is 0.650. The van der Waals surface area contributed by atoms with Gasteiger partial charge < -0.3 is 4.90 Å². The molecule has 0 N–H and O–H groups in total. The summed E-state index contributed by atoms with van der Waals surface area (Å²) in [6, 6.07) is 6.95. The first-order valence-corrected chi connectivity index (χ1v) is 11.3. The van der Waals surface area contributed by atoms with Crippen LogP contribution < -0.4 is 0 Å². The van der Waals surface area contributed by atoms with E-state index in [1.807, 2.05) is 24.0 Å². The summed E-state index contributed by atoms with van der Waals surface area (Å²) in [4.78, 5) is 14.6. The van der Waals surface area contributed by atoms with E-state index in [1.165, 1.54) is 36.4 Å². The van der Waals surface area contributed by atoms with Crippen LogP contribution >= 0.6 is 0 Å². The molecule has 0 bridgehead atoms. The smallest absolute Gasteiger partial charge is 0.243 e. The molecule has 26 heavy (non-hydrogen) atoms. The van der Waals surface area contributed by atoms with Gasteiger partial charge >= 0.3 is 0 Å². The van der Waals surface area contributed by atoms with Crippen LogP contribution in [0, 0.1) is 12.8 Å². The van der Waals surface area contributed by atoms with Gasteiger partial charge in [0.1, 0.15) is 0 Å². The van der Waals surface area contributed by atoms with Crippen molar-refractivity contribution in [2.45, 2.75) is 56.8 Å². The third-order valence-corrected chi connectivity index (χ3v) is 7.65. The predicted molar refractivity (Wildman–Crippen MR) is 102 cm³/mol. The number of nitrogens with zero attached hydrogens (tertiary/aromatic N) is 2. The molecule has 6 heteroatoms. The number of aryl methyl sites for hydroxylation is 1. The maximum absolute atomic E-state index is 12.7. The van der Waals surface area contributed by atoms with Crippen LogP contribution in [0.4, 0.5) is 0 Å². The predicted octanol–water partition coefficient (Wildman–Crippen LogP) is 3.19. The molecule has 3 rings (SSSR count). The van der Waals surface area contributed by atoms with Crippen molar-refractivity contribution in [2.75, 3.05) is 26.2 Å². The molecule has 0 spiro atoms. The summed E-state index contributed by atoms with van der Waals surface area (Å²) in [7, 11) is -3.46. The fourth-order valence-corrected chi connectivity index (χ4v) is 5.42. The molecule has 0 radical (unpaired) electrons. The quantitative estimate of drug-likeness (QED) is 0.791. The van der Waals surface area contributed by atoms with Gasteiger partial charge in [-0.3, -0.25) is 4.79 Å². The van der Waals surface area contributed by atoms with Crippen LogP contribution in [0.2, 0.25) is 0 Å². The van der Waals surface area contributed by atoms with Gasteiger partial charge in [0.25, 0.3) is 0 Å². The molecule has 1 saturated heterocycles. The molecule has 1 aromatic carbocycles. The van der Waals surface area contributed by atoms with Crippen molar-refractivity contribution in [3.63, 3.8) is 0 Å². The molecule has 5 nitrogen and oxygen atoms in total. The van der Waals surface area contributed by atoms with Crippen LogP contribution in [0.5, 0.6) is 0 Å². The normalized spacial score (nSPS) is 20.3. The van der Waals surface area contributed by atoms with E-state index in [0.29, 0.717) is 43.4 Å². The number of piperazine rings is 1. The van der Waals surface area contributed by atoms with Gasteiger partial charge in [-0.1, -0.05) is 49.8 Å². The zero-order valence-electron chi connectivity index (χ0n) is 15.7. The minimum Gasteiger partial charge on any atom is -0.340 e. The van der Waals surface area contributed by atoms with Crippen molar-refractivity contribution in [3.05, 3.63) is 29.8 Å². The van der Waals surface area contributed by atoms with E-state index in [4.69, 9.17) is 0 Å². The molecule has 1 aliphatic carbocycles. The number of rotatable bonds is 5. The number of carbonyl (C=O) groups is 1. The molecule has 0 aromatic heterocycles. The van der Waals surface area contributed by atoms with Crippen LogP contribution in [0.3, 0.4) is 0 Å². The van der Waals surface area contributed by atoms with Crippen molar-refractivity contribution in [1.29, 1.82) is 0 Å². The van der Waals surface area contributed by atoms with E-state index in [0.717, 1.165) is 12.0 Å². The topological polar surface area (TPSA) is 57.7 Å². The monoisotopic (exact) mass is 378 g/mol. The van der Waals surface area contributed by atoms with Crippen molar-refractivity contribution in [3.8, 4) is 0 Å². The first-order chi connectivity index (χ1) is 12.5. The Morgan fingerprint density at radius 2 is 1.62 bits per heavy atom. The molecule has 1 heterocycles. The molecular weight excluding hydrogens is 348 g/mol. The Morgan fingerprint density at radius 3 is 2.23 bits per heavy atom. The summed E-state index contributed by atoms with van der Waals surface area (Å²) in [5.41, 5.74) is 1.04. The molecule has 0 unspecified atom stereocenters. The molecule has 1 aliphatic heterocycles. The molecular formula is C20H30N2O3S. The van der Waals surface area contributed by atoms with Gasteiger partial charge in [0.05, 0.1) is 4.90 Å². The second kappa shape index (κ2) is 8.53. The third-order valence-electron chi connectivity index (χ3n) is 5.74. The van der Waals surface area contributed by atoms with Crippen molar-refractivity contribution in [1.82, 2.24) is 9.21 Å². The highest BCUT2D eigenvalue weighted by molar-refractivity contribution is 7.89. The van der Waals surface area contributed by atoms with Gasteiger partial charge in [-0.05, 0) is 31.4 Å². The second-order valence-electron chi connectivity index (χ2n) is 7.64. The molecule has 2 aliphatic rings. The Balaban J connectivity index is 1.50. The van der Waals surface area contributed by atoms with Gasteiger partial charge in [-0.15, -0.1) is 0 Å². The van der Waals surface area contributed by atoms with E-state index >= 15 is 0 Å². The lowest BCUT2D eigenvalue weighted by Crippen LogP contribution is -2.50. The summed E-state index contributed by atoms with van der Waals surface area (Å²) in [6.45, 7) is 3.69. The first kappa shape index (κ1) is 19.4. The molecule has 2 fully saturated rings. The number of carbonyl (C=O) groups excluding carboxylic acids is 1. The highest BCUT2D eigenvalue weighted by Gasteiger charge is 2.30. The fourth-order valence-electron chi connectivity index (χ4n) is 4.00. The average molecular weight is 379 g/mol. The summed E-state index contributed by atoms with van der Waals surface area (Å²) < 4.78 is 27.0. The van der Waals surface area contributed by atoms with E-state index in [1.54, 1.807) is 12.1 Å². The highest BCUT2D eigenvalue weighted by atomic mass is 32.2. The van der Waals surface area contributed by atoms with E-state index in [-0.39, 0.29) is 5.91 Å². The Kier molecular flexibility index (Phi) is 6.35. The largest absolute Gasteiger partial charge is 0.340 e. The maximum atomic E-state index is 12.7. The van der Waals surface area contributed by atoms with E-state index < -0.39 is 10.0 Å². The van der Waals surface area contributed by atoms with Crippen molar-refractivity contribution in [2.24, 2.45) is 5.92 Å². The number of sulfonamides is 1. The Bertz CT molecular complexity index is 701. The number of benzene rings is 1. The third kappa shape index (κ3) is 4.65. The minimum absolute atomic E-state index is 0.183. The summed E-state index contributed by atoms with van der Waals surface area (Å²) in [5.74, 6) is 0.888. The van der Waals surface area contributed by atoms with Crippen molar-refractivity contribution < 1.29 is 13.2 Å².